The quantitative estimate of drug-likeness (QED) is 0.287. The van der Waals surface area contributed by atoms with Crippen LogP contribution in [0.15, 0.2) is 54.5 Å². The third-order valence-electron chi connectivity index (χ3n) is 3.92. The Labute approximate surface area is 185 Å². The molecule has 2 rings (SSSR count). The highest BCUT2D eigenvalue weighted by molar-refractivity contribution is 5.91. The first-order valence-electron chi connectivity index (χ1n) is 9.48. The van der Waals surface area contributed by atoms with Gasteiger partial charge in [-0.25, -0.2) is 10.0 Å². The van der Waals surface area contributed by atoms with Crippen molar-refractivity contribution in [2.24, 2.45) is 0 Å². The van der Waals surface area contributed by atoms with Gasteiger partial charge in [0.1, 0.15) is 17.7 Å². The number of nitrogens with zero attached hydrogens (tertiary/aromatic N) is 2. The largest absolute Gasteiger partial charge is 0.487 e. The minimum Gasteiger partial charge on any atom is -0.487 e. The highest BCUT2D eigenvalue weighted by Crippen LogP contribution is 2.27. The molecule has 1 aromatic carbocycles. The molecule has 0 aliphatic carbocycles. The van der Waals surface area contributed by atoms with Crippen molar-refractivity contribution >= 4 is 5.91 Å². The molecule has 0 spiro atoms. The van der Waals surface area contributed by atoms with Crippen molar-refractivity contribution in [2.45, 2.75) is 25.7 Å². The molecule has 0 aliphatic rings. The van der Waals surface area contributed by atoms with Crippen LogP contribution in [0.2, 0.25) is 0 Å². The van der Waals surface area contributed by atoms with Crippen LogP contribution in [0.5, 0.6) is 5.75 Å². The van der Waals surface area contributed by atoms with E-state index < -0.39 is 30.6 Å². The first kappa shape index (κ1) is 26.0. The molecule has 2 aromatic rings. The monoisotopic (exact) mass is 478 g/mol. The van der Waals surface area contributed by atoms with Gasteiger partial charge in [0, 0.05) is 19.2 Å². The second kappa shape index (κ2) is 11.0. The van der Waals surface area contributed by atoms with E-state index in [1.807, 2.05) is 0 Å². The molecule has 1 amide bonds. The van der Waals surface area contributed by atoms with Crippen molar-refractivity contribution in [1.29, 1.82) is 0 Å². The number of hydrogen-bond acceptors (Lipinski definition) is 5. The van der Waals surface area contributed by atoms with Crippen LogP contribution in [0.4, 0.5) is 26.3 Å². The number of halogens is 6. The van der Waals surface area contributed by atoms with Crippen LogP contribution in [-0.4, -0.2) is 48.6 Å². The van der Waals surface area contributed by atoms with Gasteiger partial charge < -0.3 is 9.47 Å². The second-order valence-corrected chi connectivity index (χ2v) is 6.56. The SMILES string of the molecule is CCO/C(=C\Oc1ccc(Cc2cccc(C(=O)N(C)OCC(F)(F)F)n2)cc1)C(F)(F)F. The lowest BCUT2D eigenvalue weighted by molar-refractivity contribution is -0.227. The van der Waals surface area contributed by atoms with Crippen molar-refractivity contribution in [2.75, 3.05) is 20.3 Å². The lowest BCUT2D eigenvalue weighted by Crippen LogP contribution is -2.32. The van der Waals surface area contributed by atoms with Gasteiger partial charge in [-0.1, -0.05) is 18.2 Å². The van der Waals surface area contributed by atoms with Gasteiger partial charge in [-0.05, 0) is 36.8 Å². The number of rotatable bonds is 9. The summed E-state index contributed by atoms with van der Waals surface area (Å²) >= 11 is 0. The molecule has 6 nitrogen and oxygen atoms in total. The van der Waals surface area contributed by atoms with Gasteiger partial charge in [0.2, 0.25) is 5.76 Å². The molecule has 0 saturated heterocycles. The third kappa shape index (κ3) is 8.64. The lowest BCUT2D eigenvalue weighted by atomic mass is 10.1. The number of hydroxylamine groups is 2. The number of ether oxygens (including phenoxy) is 2. The Morgan fingerprint density at radius 1 is 1.06 bits per heavy atom. The fraction of sp³-hybridized carbons (Fsp3) is 0.333. The molecule has 0 N–H and O–H groups in total. The Morgan fingerprint density at radius 2 is 1.73 bits per heavy atom. The summed E-state index contributed by atoms with van der Waals surface area (Å²) in [5.41, 5.74) is 1.03. The van der Waals surface area contributed by atoms with Gasteiger partial charge in [-0.15, -0.1) is 0 Å². The molecule has 12 heteroatoms. The minimum atomic E-state index is -4.68. The zero-order valence-electron chi connectivity index (χ0n) is 17.5. The van der Waals surface area contributed by atoms with E-state index in [1.165, 1.54) is 31.2 Å². The maximum Gasteiger partial charge on any atom is 0.452 e. The summed E-state index contributed by atoms with van der Waals surface area (Å²) < 4.78 is 84.6. The molecular weight excluding hydrogens is 458 g/mol. The first-order chi connectivity index (χ1) is 15.4. The molecule has 0 aliphatic heterocycles. The molecule has 0 radical (unpaired) electrons. The third-order valence-corrected chi connectivity index (χ3v) is 3.92. The van der Waals surface area contributed by atoms with Crippen LogP contribution in [0, 0.1) is 0 Å². The zero-order chi connectivity index (χ0) is 24.6. The molecule has 0 saturated carbocycles. The van der Waals surface area contributed by atoms with Gasteiger partial charge in [0.15, 0.2) is 6.61 Å². The number of carbonyl (C=O) groups is 1. The van der Waals surface area contributed by atoms with Gasteiger partial charge in [0.05, 0.1) is 6.61 Å². The Kier molecular flexibility index (Phi) is 8.69. The van der Waals surface area contributed by atoms with Crippen molar-refractivity contribution in [3.05, 3.63) is 71.4 Å². The van der Waals surface area contributed by atoms with E-state index in [0.717, 1.165) is 7.05 Å². The smallest absolute Gasteiger partial charge is 0.452 e. The van der Waals surface area contributed by atoms with Crippen LogP contribution >= 0.6 is 0 Å². The van der Waals surface area contributed by atoms with Crippen molar-refractivity contribution in [1.82, 2.24) is 10.0 Å². The molecule has 0 fully saturated rings. The van der Waals surface area contributed by atoms with E-state index >= 15 is 0 Å². The maximum absolute atomic E-state index is 12.8. The van der Waals surface area contributed by atoms with E-state index in [1.54, 1.807) is 18.2 Å². The summed E-state index contributed by atoms with van der Waals surface area (Å²) in [7, 11) is 1.05. The van der Waals surface area contributed by atoms with Gasteiger partial charge in [0.25, 0.3) is 5.91 Å². The van der Waals surface area contributed by atoms with Crippen molar-refractivity contribution < 1.29 is 45.4 Å². The van der Waals surface area contributed by atoms with Gasteiger partial charge in [-0.2, -0.15) is 26.3 Å². The molecule has 0 bridgehead atoms. The zero-order valence-corrected chi connectivity index (χ0v) is 17.5. The molecular formula is C21H20F6N2O4. The fourth-order valence-corrected chi connectivity index (χ4v) is 2.44. The van der Waals surface area contributed by atoms with Gasteiger partial charge >= 0.3 is 12.4 Å². The minimum absolute atomic E-state index is 0.113. The average Bonchev–Trinajstić information content (AvgIpc) is 2.74. The first-order valence-corrected chi connectivity index (χ1v) is 9.48. The second-order valence-electron chi connectivity index (χ2n) is 6.56. The highest BCUT2D eigenvalue weighted by Gasteiger charge is 2.36. The summed E-state index contributed by atoms with van der Waals surface area (Å²) in [4.78, 5) is 20.7. The average molecular weight is 478 g/mol. The number of pyridine rings is 1. The summed E-state index contributed by atoms with van der Waals surface area (Å²) in [6.07, 6.45) is -8.55. The van der Waals surface area contributed by atoms with E-state index in [-0.39, 0.29) is 24.5 Å². The van der Waals surface area contributed by atoms with Crippen LogP contribution in [0.3, 0.4) is 0 Å². The number of hydrogen-bond donors (Lipinski definition) is 0. The standard InChI is InChI=1S/C21H20F6N2O4/c1-3-31-18(21(25,26)27)12-32-16-9-7-14(8-10-16)11-15-5-4-6-17(28-15)19(30)29(2)33-13-20(22,23)24/h4-10,12H,3,11,13H2,1-2H3/b18-12-. The molecule has 33 heavy (non-hydrogen) atoms. The predicted octanol–water partition coefficient (Wildman–Crippen LogP) is 5.06. The maximum atomic E-state index is 12.8. The van der Waals surface area contributed by atoms with Crippen LogP contribution in [0.1, 0.15) is 28.7 Å². The normalized spacial score (nSPS) is 12.4. The van der Waals surface area contributed by atoms with Crippen molar-refractivity contribution in [3.8, 4) is 5.75 Å². The topological polar surface area (TPSA) is 60.9 Å². The van der Waals surface area contributed by atoms with Gasteiger partial charge in [-0.3, -0.25) is 9.63 Å². The van der Waals surface area contributed by atoms with E-state index in [0.29, 0.717) is 22.6 Å². The summed E-state index contributed by atoms with van der Waals surface area (Å²) in [6, 6.07) is 10.5. The van der Waals surface area contributed by atoms with E-state index in [9.17, 15) is 31.1 Å². The van der Waals surface area contributed by atoms with Crippen LogP contribution in [-0.2, 0) is 16.0 Å². The number of alkyl halides is 6. The van der Waals surface area contributed by atoms with Crippen LogP contribution < -0.4 is 4.74 Å². The van der Waals surface area contributed by atoms with Crippen molar-refractivity contribution in [3.63, 3.8) is 0 Å². The summed E-state index contributed by atoms with van der Waals surface area (Å²) in [5.74, 6) is -1.98. The highest BCUT2D eigenvalue weighted by atomic mass is 19.4. The van der Waals surface area contributed by atoms with Crippen LogP contribution in [0.25, 0.3) is 0 Å². The lowest BCUT2D eigenvalue weighted by Gasteiger charge is -2.17. The Hall–Kier alpha value is -3.28. The number of aromatic nitrogens is 1. The number of amides is 1. The summed E-state index contributed by atoms with van der Waals surface area (Å²) in [5, 5.41) is 0.455. The predicted molar refractivity (Wildman–Crippen MR) is 104 cm³/mol. The molecule has 0 unspecified atom stereocenters. The number of carbonyl (C=O) groups excluding carboxylic acids is 1. The fourth-order valence-electron chi connectivity index (χ4n) is 2.44. The van der Waals surface area contributed by atoms with E-state index in [4.69, 9.17) is 4.74 Å². The molecule has 1 aromatic heterocycles. The Morgan fingerprint density at radius 3 is 2.30 bits per heavy atom. The molecule has 180 valence electrons. The molecule has 0 atom stereocenters. The number of allylic oxidation sites excluding steroid dienone is 1. The number of benzene rings is 1. The Balaban J connectivity index is 2.03. The Bertz CT molecular complexity index is 958. The molecule has 1 heterocycles. The summed E-state index contributed by atoms with van der Waals surface area (Å²) in [6.45, 7) is -0.376. The van der Waals surface area contributed by atoms with E-state index in [2.05, 4.69) is 14.6 Å².